The number of amides is 1. The van der Waals surface area contributed by atoms with Crippen molar-refractivity contribution in [2.24, 2.45) is 11.8 Å². The van der Waals surface area contributed by atoms with E-state index < -0.39 is 0 Å². The Bertz CT molecular complexity index is 405. The molecule has 0 bridgehead atoms. The molecule has 3 N–H and O–H groups in total. The molecule has 1 fully saturated rings. The zero-order valence-electron chi connectivity index (χ0n) is 10.1. The van der Waals surface area contributed by atoms with E-state index in [1.807, 2.05) is 0 Å². The minimum Gasteiger partial charge on any atom is -0.383 e. The van der Waals surface area contributed by atoms with Crippen LogP contribution in [0.5, 0.6) is 0 Å². The molecule has 1 aromatic heterocycles. The molecule has 92 valence electrons. The van der Waals surface area contributed by atoms with Gasteiger partial charge in [-0.05, 0) is 30.4 Å². The predicted molar refractivity (Wildman–Crippen MR) is 67.5 cm³/mol. The first-order chi connectivity index (χ1) is 8.18. The van der Waals surface area contributed by atoms with Crippen LogP contribution in [0.4, 0.5) is 5.82 Å². The van der Waals surface area contributed by atoms with E-state index in [0.29, 0.717) is 23.2 Å². The lowest BCUT2D eigenvalue weighted by Gasteiger charge is -2.16. The van der Waals surface area contributed by atoms with Gasteiger partial charge in [-0.1, -0.05) is 19.8 Å². The number of pyridine rings is 1. The predicted octanol–water partition coefficient (Wildman–Crippen LogP) is 1.83. The molecule has 1 aliphatic carbocycles. The quantitative estimate of drug-likeness (QED) is 0.837. The molecule has 1 aliphatic rings. The molecule has 1 heterocycles. The molecule has 0 saturated heterocycles. The summed E-state index contributed by atoms with van der Waals surface area (Å²) in [6.07, 6.45) is 5.35. The number of aromatic nitrogens is 1. The van der Waals surface area contributed by atoms with Crippen molar-refractivity contribution in [1.29, 1.82) is 0 Å². The first kappa shape index (κ1) is 11.9. The average molecular weight is 233 g/mol. The molecule has 1 saturated carbocycles. The third-order valence-electron chi connectivity index (χ3n) is 3.65. The van der Waals surface area contributed by atoms with Gasteiger partial charge in [0.05, 0.1) is 5.56 Å². The van der Waals surface area contributed by atoms with E-state index in [4.69, 9.17) is 5.73 Å². The zero-order chi connectivity index (χ0) is 12.3. The summed E-state index contributed by atoms with van der Waals surface area (Å²) >= 11 is 0. The minimum atomic E-state index is -0.116. The largest absolute Gasteiger partial charge is 0.383 e. The molecule has 4 nitrogen and oxygen atoms in total. The number of carbonyl (C=O) groups is 1. The monoisotopic (exact) mass is 233 g/mol. The first-order valence-corrected chi connectivity index (χ1v) is 6.17. The Labute approximate surface area is 102 Å². The van der Waals surface area contributed by atoms with E-state index >= 15 is 0 Å². The summed E-state index contributed by atoms with van der Waals surface area (Å²) < 4.78 is 0. The number of nitrogens with zero attached hydrogens (tertiary/aromatic N) is 1. The van der Waals surface area contributed by atoms with Crippen molar-refractivity contribution in [3.05, 3.63) is 23.9 Å². The van der Waals surface area contributed by atoms with Crippen molar-refractivity contribution in [3.63, 3.8) is 0 Å². The number of hydrogen-bond acceptors (Lipinski definition) is 3. The Hall–Kier alpha value is -1.58. The van der Waals surface area contributed by atoms with Gasteiger partial charge in [-0.25, -0.2) is 4.98 Å². The number of anilines is 1. The van der Waals surface area contributed by atoms with E-state index in [1.165, 1.54) is 19.3 Å². The van der Waals surface area contributed by atoms with Crippen LogP contribution in [0.25, 0.3) is 0 Å². The Kier molecular flexibility index (Phi) is 3.61. The minimum absolute atomic E-state index is 0.116. The standard InChI is InChI=1S/C13H19N3O/c1-9-4-2-5-10(9)8-16-13(17)11-6-3-7-15-12(11)14/h3,6-7,9-10H,2,4-5,8H2,1H3,(H2,14,15)(H,16,17). The van der Waals surface area contributed by atoms with Crippen molar-refractivity contribution < 1.29 is 4.79 Å². The van der Waals surface area contributed by atoms with Gasteiger partial charge < -0.3 is 11.1 Å². The van der Waals surface area contributed by atoms with Crippen molar-refractivity contribution in [1.82, 2.24) is 10.3 Å². The topological polar surface area (TPSA) is 68.0 Å². The fourth-order valence-corrected chi connectivity index (χ4v) is 2.45. The van der Waals surface area contributed by atoms with Gasteiger partial charge in [0.15, 0.2) is 0 Å². The smallest absolute Gasteiger partial charge is 0.255 e. The van der Waals surface area contributed by atoms with Crippen LogP contribution in [0.1, 0.15) is 36.5 Å². The van der Waals surface area contributed by atoms with Crippen LogP contribution in [0.2, 0.25) is 0 Å². The first-order valence-electron chi connectivity index (χ1n) is 6.17. The lowest BCUT2D eigenvalue weighted by atomic mass is 9.98. The third-order valence-corrected chi connectivity index (χ3v) is 3.65. The van der Waals surface area contributed by atoms with Crippen LogP contribution in [0.3, 0.4) is 0 Å². The molecular formula is C13H19N3O. The summed E-state index contributed by atoms with van der Waals surface area (Å²) in [6.45, 7) is 3.00. The second-order valence-electron chi connectivity index (χ2n) is 4.81. The van der Waals surface area contributed by atoms with E-state index in [2.05, 4.69) is 17.2 Å². The maximum Gasteiger partial charge on any atom is 0.255 e. The summed E-state index contributed by atoms with van der Waals surface area (Å²) in [4.78, 5) is 15.8. The number of carbonyl (C=O) groups excluding carboxylic acids is 1. The molecule has 2 unspecified atom stereocenters. The number of nitrogen functional groups attached to an aromatic ring is 1. The summed E-state index contributed by atoms with van der Waals surface area (Å²) in [5.74, 6) is 1.50. The fraction of sp³-hybridized carbons (Fsp3) is 0.538. The second-order valence-corrected chi connectivity index (χ2v) is 4.81. The summed E-state index contributed by atoms with van der Waals surface area (Å²) in [6, 6.07) is 3.43. The average Bonchev–Trinajstić information content (AvgIpc) is 2.72. The highest BCUT2D eigenvalue weighted by Crippen LogP contribution is 2.30. The van der Waals surface area contributed by atoms with E-state index in [0.717, 1.165) is 6.54 Å². The molecule has 0 radical (unpaired) electrons. The van der Waals surface area contributed by atoms with Gasteiger partial charge >= 0.3 is 0 Å². The van der Waals surface area contributed by atoms with Crippen LogP contribution in [0, 0.1) is 11.8 Å². The number of nitrogens with one attached hydrogen (secondary N) is 1. The molecule has 0 spiro atoms. The van der Waals surface area contributed by atoms with Crippen LogP contribution in [-0.4, -0.2) is 17.4 Å². The van der Waals surface area contributed by atoms with Gasteiger partial charge in [-0.3, -0.25) is 4.79 Å². The highest BCUT2D eigenvalue weighted by atomic mass is 16.1. The molecule has 17 heavy (non-hydrogen) atoms. The van der Waals surface area contributed by atoms with Crippen molar-refractivity contribution in [3.8, 4) is 0 Å². The Morgan fingerprint density at radius 2 is 2.41 bits per heavy atom. The third kappa shape index (κ3) is 2.75. The summed E-state index contributed by atoms with van der Waals surface area (Å²) in [7, 11) is 0. The molecule has 2 atom stereocenters. The maximum absolute atomic E-state index is 11.9. The van der Waals surface area contributed by atoms with Crippen LogP contribution in [-0.2, 0) is 0 Å². The van der Waals surface area contributed by atoms with Gasteiger partial charge in [-0.15, -0.1) is 0 Å². The summed E-state index contributed by atoms with van der Waals surface area (Å²) in [5, 5.41) is 2.95. The highest BCUT2D eigenvalue weighted by Gasteiger charge is 2.23. The zero-order valence-corrected chi connectivity index (χ0v) is 10.1. The van der Waals surface area contributed by atoms with Crippen molar-refractivity contribution in [2.45, 2.75) is 26.2 Å². The highest BCUT2D eigenvalue weighted by molar-refractivity contribution is 5.98. The van der Waals surface area contributed by atoms with Crippen LogP contribution in [0.15, 0.2) is 18.3 Å². The number of nitrogens with two attached hydrogens (primary N) is 1. The van der Waals surface area contributed by atoms with Gasteiger partial charge in [0, 0.05) is 12.7 Å². The molecular weight excluding hydrogens is 214 g/mol. The molecule has 2 rings (SSSR count). The lowest BCUT2D eigenvalue weighted by molar-refractivity contribution is 0.0945. The molecule has 1 amide bonds. The van der Waals surface area contributed by atoms with Gasteiger partial charge in [0.25, 0.3) is 5.91 Å². The Balaban J connectivity index is 1.91. The van der Waals surface area contributed by atoms with Gasteiger partial charge in [0.2, 0.25) is 0 Å². The van der Waals surface area contributed by atoms with E-state index in [9.17, 15) is 4.79 Å². The van der Waals surface area contributed by atoms with Gasteiger partial charge in [0.1, 0.15) is 5.82 Å². The number of rotatable bonds is 3. The second kappa shape index (κ2) is 5.17. The van der Waals surface area contributed by atoms with Crippen LogP contribution >= 0.6 is 0 Å². The summed E-state index contributed by atoms with van der Waals surface area (Å²) in [5.41, 5.74) is 6.13. The van der Waals surface area contributed by atoms with Crippen molar-refractivity contribution in [2.75, 3.05) is 12.3 Å². The molecule has 1 aromatic rings. The number of hydrogen-bond donors (Lipinski definition) is 2. The normalized spacial score (nSPS) is 23.6. The molecule has 0 aliphatic heterocycles. The fourth-order valence-electron chi connectivity index (χ4n) is 2.45. The van der Waals surface area contributed by atoms with E-state index in [1.54, 1.807) is 18.3 Å². The molecule has 0 aromatic carbocycles. The van der Waals surface area contributed by atoms with Crippen LogP contribution < -0.4 is 11.1 Å². The van der Waals surface area contributed by atoms with Crippen molar-refractivity contribution >= 4 is 11.7 Å². The SMILES string of the molecule is CC1CCCC1CNC(=O)c1cccnc1N. The maximum atomic E-state index is 11.9. The van der Waals surface area contributed by atoms with Gasteiger partial charge in [-0.2, -0.15) is 0 Å². The Morgan fingerprint density at radius 1 is 1.59 bits per heavy atom. The van der Waals surface area contributed by atoms with E-state index in [-0.39, 0.29) is 5.91 Å². The lowest BCUT2D eigenvalue weighted by Crippen LogP contribution is -2.30. The molecule has 4 heteroatoms. The Morgan fingerprint density at radius 3 is 3.06 bits per heavy atom.